The quantitative estimate of drug-likeness (QED) is 0.692. The normalized spacial score (nSPS) is 10.6. The van der Waals surface area contributed by atoms with E-state index in [0.29, 0.717) is 23.7 Å². The smallest absolute Gasteiger partial charge is 0.282 e. The summed E-state index contributed by atoms with van der Waals surface area (Å²) in [6.07, 6.45) is 3.33. The molecule has 1 N–H and O–H groups in total. The molecular weight excluding hydrogens is 330 g/mol. The van der Waals surface area contributed by atoms with Gasteiger partial charge in [0.1, 0.15) is 5.56 Å². The first-order chi connectivity index (χ1) is 12.6. The Balaban J connectivity index is 1.89. The van der Waals surface area contributed by atoms with Crippen molar-refractivity contribution in [1.82, 2.24) is 19.8 Å². The van der Waals surface area contributed by atoms with Crippen LogP contribution in [-0.2, 0) is 11.4 Å². The predicted octanol–water partition coefficient (Wildman–Crippen LogP) is 2.82. The Morgan fingerprint density at radius 1 is 1.23 bits per heavy atom. The van der Waals surface area contributed by atoms with Crippen LogP contribution in [0, 0.1) is 6.92 Å². The Morgan fingerprint density at radius 2 is 2.00 bits per heavy atom. The number of hydrogen-bond donors (Lipinski definition) is 1. The maximum atomic E-state index is 12.6. The molecule has 0 aliphatic heterocycles. The molecule has 0 atom stereocenters. The molecule has 0 saturated carbocycles. The van der Waals surface area contributed by atoms with E-state index in [4.69, 9.17) is 4.84 Å². The summed E-state index contributed by atoms with van der Waals surface area (Å²) >= 11 is 0. The molecule has 1 amide bonds. The molecule has 2 heterocycles. The number of benzene rings is 1. The molecule has 3 aromatic rings. The fourth-order valence-electron chi connectivity index (χ4n) is 2.41. The number of amides is 1. The minimum atomic E-state index is -0.291. The average Bonchev–Trinajstić information content (AvgIpc) is 3.11. The van der Waals surface area contributed by atoms with E-state index in [0.717, 1.165) is 10.6 Å². The average molecular weight is 351 g/mol. The molecule has 0 bridgehead atoms. The molecule has 134 valence electrons. The second kappa shape index (κ2) is 7.79. The van der Waals surface area contributed by atoms with Crippen molar-refractivity contribution in [3.63, 3.8) is 0 Å². The Hall–Kier alpha value is -3.19. The summed E-state index contributed by atoms with van der Waals surface area (Å²) in [5, 5.41) is 8.89. The SMILES string of the molecule is CON(C)C(=O)c1cn(-c2ccccn2)nc1NCc1ccc(C)cc1. The first-order valence-corrected chi connectivity index (χ1v) is 8.21. The van der Waals surface area contributed by atoms with Crippen LogP contribution in [0.25, 0.3) is 5.82 Å². The number of hydroxylamine groups is 2. The highest BCUT2D eigenvalue weighted by molar-refractivity contribution is 5.98. The van der Waals surface area contributed by atoms with Gasteiger partial charge in [-0.25, -0.2) is 14.7 Å². The maximum Gasteiger partial charge on any atom is 0.282 e. The van der Waals surface area contributed by atoms with Gasteiger partial charge in [0.25, 0.3) is 5.91 Å². The van der Waals surface area contributed by atoms with Crippen LogP contribution in [0.4, 0.5) is 5.82 Å². The molecule has 0 aliphatic rings. The summed E-state index contributed by atoms with van der Waals surface area (Å²) in [6.45, 7) is 2.60. The monoisotopic (exact) mass is 351 g/mol. The van der Waals surface area contributed by atoms with Gasteiger partial charge in [-0.3, -0.25) is 9.63 Å². The Morgan fingerprint density at radius 3 is 2.65 bits per heavy atom. The number of anilines is 1. The molecule has 1 aromatic carbocycles. The van der Waals surface area contributed by atoms with Gasteiger partial charge in [-0.15, -0.1) is 5.10 Å². The van der Waals surface area contributed by atoms with E-state index in [2.05, 4.69) is 15.4 Å². The Bertz CT molecular complexity index is 875. The number of nitrogens with one attached hydrogen (secondary N) is 1. The number of aryl methyl sites for hydroxylation is 1. The largest absolute Gasteiger partial charge is 0.364 e. The lowest BCUT2D eigenvalue weighted by molar-refractivity contribution is -0.0756. The van der Waals surface area contributed by atoms with Crippen LogP contribution in [0.3, 0.4) is 0 Å². The van der Waals surface area contributed by atoms with Crippen LogP contribution < -0.4 is 5.32 Å². The van der Waals surface area contributed by atoms with Crippen LogP contribution in [0.2, 0.25) is 0 Å². The number of aromatic nitrogens is 3. The second-order valence-corrected chi connectivity index (χ2v) is 5.85. The highest BCUT2D eigenvalue weighted by atomic mass is 16.7. The van der Waals surface area contributed by atoms with E-state index < -0.39 is 0 Å². The molecule has 2 aromatic heterocycles. The molecule has 0 radical (unpaired) electrons. The minimum Gasteiger partial charge on any atom is -0.364 e. The first-order valence-electron chi connectivity index (χ1n) is 8.21. The van der Waals surface area contributed by atoms with Crippen molar-refractivity contribution in [2.75, 3.05) is 19.5 Å². The summed E-state index contributed by atoms with van der Waals surface area (Å²) in [5.41, 5.74) is 2.71. The molecule has 7 nitrogen and oxygen atoms in total. The van der Waals surface area contributed by atoms with Crippen molar-refractivity contribution in [3.05, 3.63) is 71.5 Å². The highest BCUT2D eigenvalue weighted by Gasteiger charge is 2.21. The summed E-state index contributed by atoms with van der Waals surface area (Å²) in [5.74, 6) is 0.816. The molecule has 26 heavy (non-hydrogen) atoms. The van der Waals surface area contributed by atoms with Crippen LogP contribution in [-0.4, -0.2) is 39.9 Å². The van der Waals surface area contributed by atoms with Gasteiger partial charge < -0.3 is 5.32 Å². The first kappa shape index (κ1) is 17.6. The van der Waals surface area contributed by atoms with Gasteiger partial charge in [-0.05, 0) is 24.6 Å². The molecule has 0 saturated heterocycles. The number of carbonyl (C=O) groups excluding carboxylic acids is 1. The lowest BCUT2D eigenvalue weighted by Crippen LogP contribution is -2.25. The second-order valence-electron chi connectivity index (χ2n) is 5.85. The summed E-state index contributed by atoms with van der Waals surface area (Å²) < 4.78 is 1.58. The topological polar surface area (TPSA) is 72.3 Å². The van der Waals surface area contributed by atoms with Gasteiger partial charge >= 0.3 is 0 Å². The molecule has 7 heteroatoms. The molecule has 0 spiro atoms. The zero-order valence-electron chi connectivity index (χ0n) is 15.0. The lowest BCUT2D eigenvalue weighted by Gasteiger charge is -2.13. The van der Waals surface area contributed by atoms with Gasteiger partial charge in [0.05, 0.1) is 7.11 Å². The lowest BCUT2D eigenvalue weighted by atomic mass is 10.1. The van der Waals surface area contributed by atoms with Gasteiger partial charge in [0.2, 0.25) is 0 Å². The van der Waals surface area contributed by atoms with Gasteiger partial charge in [0.15, 0.2) is 11.6 Å². The van der Waals surface area contributed by atoms with E-state index >= 15 is 0 Å². The number of rotatable bonds is 6. The van der Waals surface area contributed by atoms with Crippen LogP contribution in [0.1, 0.15) is 21.5 Å². The summed E-state index contributed by atoms with van der Waals surface area (Å²) in [6, 6.07) is 13.7. The third-order valence-corrected chi connectivity index (χ3v) is 3.97. The van der Waals surface area contributed by atoms with Crippen molar-refractivity contribution in [1.29, 1.82) is 0 Å². The Labute approximate surface area is 152 Å². The third-order valence-electron chi connectivity index (χ3n) is 3.97. The predicted molar refractivity (Wildman–Crippen MR) is 99.0 cm³/mol. The summed E-state index contributed by atoms with van der Waals surface area (Å²) in [4.78, 5) is 21.9. The standard InChI is InChI=1S/C19H21N5O2/c1-14-7-9-15(10-8-14)12-21-18-16(19(25)23(2)26-3)13-24(22-18)17-6-4-5-11-20-17/h4-11,13H,12H2,1-3H3,(H,21,22). The van der Waals surface area contributed by atoms with Crippen LogP contribution >= 0.6 is 0 Å². The van der Waals surface area contributed by atoms with Gasteiger partial charge in [0, 0.05) is 26.0 Å². The minimum absolute atomic E-state index is 0.291. The number of hydrogen-bond acceptors (Lipinski definition) is 5. The van der Waals surface area contributed by atoms with Gasteiger partial charge in [-0.2, -0.15) is 0 Å². The number of pyridine rings is 1. The molecule has 0 fully saturated rings. The van der Waals surface area contributed by atoms with E-state index in [1.54, 1.807) is 24.1 Å². The Kier molecular flexibility index (Phi) is 5.28. The maximum absolute atomic E-state index is 12.6. The van der Waals surface area contributed by atoms with Gasteiger partial charge in [-0.1, -0.05) is 35.9 Å². The molecule has 0 unspecified atom stereocenters. The fourth-order valence-corrected chi connectivity index (χ4v) is 2.41. The number of nitrogens with zero attached hydrogens (tertiary/aromatic N) is 4. The number of carbonyl (C=O) groups is 1. The van der Waals surface area contributed by atoms with Crippen molar-refractivity contribution in [2.45, 2.75) is 13.5 Å². The van der Waals surface area contributed by atoms with E-state index in [-0.39, 0.29) is 5.91 Å². The molecular formula is C19H21N5O2. The summed E-state index contributed by atoms with van der Waals surface area (Å²) in [7, 11) is 3.00. The molecule has 0 aliphatic carbocycles. The molecule has 3 rings (SSSR count). The van der Waals surface area contributed by atoms with Crippen LogP contribution in [0.15, 0.2) is 54.9 Å². The van der Waals surface area contributed by atoms with E-state index in [1.165, 1.54) is 12.7 Å². The van der Waals surface area contributed by atoms with E-state index in [9.17, 15) is 4.79 Å². The van der Waals surface area contributed by atoms with Crippen molar-refractivity contribution in [2.24, 2.45) is 0 Å². The fraction of sp³-hybridized carbons (Fsp3) is 0.211. The van der Waals surface area contributed by atoms with Crippen molar-refractivity contribution < 1.29 is 9.63 Å². The zero-order valence-corrected chi connectivity index (χ0v) is 15.0. The van der Waals surface area contributed by atoms with E-state index in [1.807, 2.05) is 49.4 Å². The van der Waals surface area contributed by atoms with Crippen LogP contribution in [0.5, 0.6) is 0 Å². The zero-order chi connectivity index (χ0) is 18.5. The van der Waals surface area contributed by atoms with Crippen molar-refractivity contribution >= 4 is 11.7 Å². The highest BCUT2D eigenvalue weighted by Crippen LogP contribution is 2.19. The third kappa shape index (κ3) is 3.89. The van der Waals surface area contributed by atoms with Crippen molar-refractivity contribution in [3.8, 4) is 5.82 Å².